The summed E-state index contributed by atoms with van der Waals surface area (Å²) in [5.74, 6) is 0. The highest BCUT2D eigenvalue weighted by atomic mass is 14.4. The van der Waals surface area contributed by atoms with Crippen molar-refractivity contribution in [2.24, 2.45) is 0 Å². The monoisotopic (exact) mass is 904 g/mol. The van der Waals surface area contributed by atoms with E-state index in [1.54, 1.807) is 0 Å². The first-order valence-corrected chi connectivity index (χ1v) is 25.3. The molecule has 0 radical (unpaired) electrons. The fourth-order valence-corrected chi connectivity index (χ4v) is 13.9. The normalized spacial score (nSPS) is 12.4. The van der Waals surface area contributed by atoms with E-state index in [1.807, 2.05) is 0 Å². The second kappa shape index (κ2) is 14.1. The average Bonchev–Trinajstić information content (AvgIpc) is 4.07. The molecule has 16 aromatic carbocycles. The van der Waals surface area contributed by atoms with Gasteiger partial charge in [0.1, 0.15) is 0 Å². The molecule has 0 saturated heterocycles. The SMILES string of the molecule is c1ccc(-c2c3c(c(-c4ccccc4)c4ccccc24)-c2ccc4c5cc6c(-c7cccc8ccccc78)c7c8cccc9cccc(c7c(-c7cccc%10ccccc7%10)c6cc5c5ccc-3c2c54)c98)cc1. The van der Waals surface area contributed by atoms with Crippen LogP contribution in [0.5, 0.6) is 0 Å². The van der Waals surface area contributed by atoms with Crippen molar-refractivity contribution in [3.8, 4) is 66.8 Å². The highest BCUT2D eigenvalue weighted by molar-refractivity contribution is 6.44. The molecular formula is C72H40. The molecule has 0 N–H and O–H groups in total. The Hall–Kier alpha value is -9.36. The van der Waals surface area contributed by atoms with Crippen LogP contribution in [0.4, 0.5) is 0 Å². The van der Waals surface area contributed by atoms with Crippen LogP contribution in [0, 0.1) is 0 Å². The Kier molecular flexibility index (Phi) is 7.55. The van der Waals surface area contributed by atoms with Gasteiger partial charge in [0.25, 0.3) is 0 Å². The second-order valence-corrected chi connectivity index (χ2v) is 20.1. The predicted octanol–water partition coefficient (Wildman–Crippen LogP) is 20.4. The van der Waals surface area contributed by atoms with Gasteiger partial charge in [-0.3, -0.25) is 0 Å². The first-order valence-electron chi connectivity index (χ1n) is 25.3. The molecule has 0 aromatic heterocycles. The molecule has 0 unspecified atom stereocenters. The van der Waals surface area contributed by atoms with Crippen LogP contribution < -0.4 is 0 Å². The molecule has 1 aliphatic rings. The number of hydrogen-bond donors (Lipinski definition) is 0. The van der Waals surface area contributed by atoms with E-state index in [0.717, 1.165) is 0 Å². The van der Waals surface area contributed by atoms with E-state index in [9.17, 15) is 0 Å². The van der Waals surface area contributed by atoms with Crippen LogP contribution in [0.1, 0.15) is 0 Å². The fourth-order valence-electron chi connectivity index (χ4n) is 13.9. The van der Waals surface area contributed by atoms with E-state index in [1.165, 1.54) is 174 Å². The van der Waals surface area contributed by atoms with Crippen molar-refractivity contribution in [1.29, 1.82) is 0 Å². The number of fused-ring (bicyclic) bond motifs is 13. The van der Waals surface area contributed by atoms with Crippen LogP contribution in [0.15, 0.2) is 243 Å². The van der Waals surface area contributed by atoms with Crippen LogP contribution in [0.2, 0.25) is 0 Å². The molecule has 17 rings (SSSR count). The lowest BCUT2D eigenvalue weighted by molar-refractivity contribution is 1.62. The molecule has 0 fully saturated rings. The summed E-state index contributed by atoms with van der Waals surface area (Å²) in [6.07, 6.45) is 0. The van der Waals surface area contributed by atoms with Gasteiger partial charge in [0.2, 0.25) is 0 Å². The van der Waals surface area contributed by atoms with Gasteiger partial charge >= 0.3 is 0 Å². The summed E-state index contributed by atoms with van der Waals surface area (Å²) in [6, 6.07) is 91.8. The van der Waals surface area contributed by atoms with Crippen molar-refractivity contribution in [1.82, 2.24) is 0 Å². The van der Waals surface area contributed by atoms with Gasteiger partial charge in [0.05, 0.1) is 0 Å². The Balaban J connectivity index is 1.08. The molecule has 0 amide bonds. The van der Waals surface area contributed by atoms with Gasteiger partial charge < -0.3 is 0 Å². The zero-order valence-corrected chi connectivity index (χ0v) is 39.1. The summed E-state index contributed by atoms with van der Waals surface area (Å²) >= 11 is 0. The molecule has 0 aliphatic heterocycles. The zero-order valence-electron chi connectivity index (χ0n) is 39.1. The number of hydrogen-bond acceptors (Lipinski definition) is 0. The van der Waals surface area contributed by atoms with Crippen molar-refractivity contribution >= 4 is 108 Å². The maximum absolute atomic E-state index is 2.60. The summed E-state index contributed by atoms with van der Waals surface area (Å²) in [7, 11) is 0. The van der Waals surface area contributed by atoms with Crippen LogP contribution in [0.25, 0.3) is 174 Å². The van der Waals surface area contributed by atoms with Crippen molar-refractivity contribution in [3.05, 3.63) is 243 Å². The molecule has 0 bridgehead atoms. The Bertz CT molecular complexity index is 4680. The van der Waals surface area contributed by atoms with Crippen molar-refractivity contribution in [3.63, 3.8) is 0 Å². The van der Waals surface area contributed by atoms with E-state index in [4.69, 9.17) is 0 Å². The molecule has 0 heterocycles. The van der Waals surface area contributed by atoms with Crippen molar-refractivity contribution < 1.29 is 0 Å². The maximum atomic E-state index is 2.60. The van der Waals surface area contributed by atoms with Gasteiger partial charge in [0.15, 0.2) is 0 Å². The van der Waals surface area contributed by atoms with E-state index < -0.39 is 0 Å². The van der Waals surface area contributed by atoms with E-state index in [0.29, 0.717) is 0 Å². The summed E-state index contributed by atoms with van der Waals surface area (Å²) in [4.78, 5) is 0. The summed E-state index contributed by atoms with van der Waals surface area (Å²) in [5.41, 5.74) is 15.5. The third kappa shape index (κ3) is 4.91. The topological polar surface area (TPSA) is 0 Å². The Morgan fingerprint density at radius 1 is 0.153 bits per heavy atom. The number of rotatable bonds is 4. The quantitative estimate of drug-likeness (QED) is 0.165. The zero-order chi connectivity index (χ0) is 46.8. The lowest BCUT2D eigenvalue weighted by atomic mass is 9.82. The Morgan fingerprint density at radius 3 is 1.03 bits per heavy atom. The summed E-state index contributed by atoms with van der Waals surface area (Å²) in [5, 5.41) is 26.0. The minimum absolute atomic E-state index is 1.24. The second-order valence-electron chi connectivity index (χ2n) is 20.1. The lowest BCUT2D eigenvalue weighted by Crippen LogP contribution is -1.93. The van der Waals surface area contributed by atoms with Crippen LogP contribution in [0.3, 0.4) is 0 Å². The van der Waals surface area contributed by atoms with Crippen molar-refractivity contribution in [2.45, 2.75) is 0 Å². The third-order valence-corrected chi connectivity index (χ3v) is 16.6. The smallest absolute Gasteiger partial charge is 0.000719 e. The third-order valence-electron chi connectivity index (χ3n) is 16.6. The molecule has 1 aliphatic carbocycles. The molecular weight excluding hydrogens is 865 g/mol. The minimum atomic E-state index is 1.24. The van der Waals surface area contributed by atoms with Crippen LogP contribution in [-0.2, 0) is 0 Å². The molecule has 0 heteroatoms. The average molecular weight is 905 g/mol. The summed E-state index contributed by atoms with van der Waals surface area (Å²) in [6.45, 7) is 0. The van der Waals surface area contributed by atoms with Gasteiger partial charge in [-0.2, -0.15) is 0 Å². The van der Waals surface area contributed by atoms with E-state index >= 15 is 0 Å². The summed E-state index contributed by atoms with van der Waals surface area (Å²) < 4.78 is 0. The number of benzene rings is 14. The van der Waals surface area contributed by atoms with Gasteiger partial charge in [0, 0.05) is 0 Å². The van der Waals surface area contributed by atoms with Gasteiger partial charge in [-0.1, -0.05) is 231 Å². The van der Waals surface area contributed by atoms with Crippen LogP contribution >= 0.6 is 0 Å². The van der Waals surface area contributed by atoms with Gasteiger partial charge in [-0.15, -0.1) is 0 Å². The van der Waals surface area contributed by atoms with Crippen LogP contribution in [-0.4, -0.2) is 0 Å². The van der Waals surface area contributed by atoms with Gasteiger partial charge in [-0.25, -0.2) is 0 Å². The Morgan fingerprint density at radius 2 is 0.542 bits per heavy atom. The van der Waals surface area contributed by atoms with E-state index in [2.05, 4.69) is 243 Å². The highest BCUT2D eigenvalue weighted by Crippen LogP contribution is 2.61. The molecule has 0 atom stereocenters. The van der Waals surface area contributed by atoms with Crippen molar-refractivity contribution in [2.75, 3.05) is 0 Å². The molecule has 328 valence electrons. The highest BCUT2D eigenvalue weighted by Gasteiger charge is 2.33. The molecule has 0 saturated carbocycles. The largest absolute Gasteiger partial charge is 0.0622 e. The van der Waals surface area contributed by atoms with Gasteiger partial charge in [-0.05, 0) is 187 Å². The van der Waals surface area contributed by atoms with E-state index in [-0.39, 0.29) is 0 Å². The predicted molar refractivity (Wildman–Crippen MR) is 310 cm³/mol. The Labute approximate surface area is 414 Å². The molecule has 0 spiro atoms. The molecule has 0 nitrogen and oxygen atoms in total. The standard InChI is InChI=1S/C72H40/c1-3-19-44(20-4-1)63-50-29-11-12-30-51(50)64(45-21-5-2-6-22-45)70-57-38-36-53-59-40-61-60(39-58(59)52-35-37-56(69(63)70)68(57)65(52)53)66(48-31-13-23-41-17-7-9-27-46(41)48)71-54-33-15-25-43-26-16-34-55(62(43)54)72(71)67(61)49-32-14-24-42-18-8-10-28-47(42)49/h1-40H. The first kappa shape index (κ1) is 38.5. The first-order chi connectivity index (χ1) is 35.8. The lowest BCUT2D eigenvalue weighted by Gasteiger charge is -2.20. The fraction of sp³-hybridized carbons (Fsp3) is 0. The molecule has 16 aromatic rings. The maximum Gasteiger partial charge on any atom is -0.000719 e. The minimum Gasteiger partial charge on any atom is -0.0622 e. The molecule has 72 heavy (non-hydrogen) atoms.